The molecule has 1 atom stereocenters. The van der Waals surface area contributed by atoms with E-state index < -0.39 is 0 Å². The van der Waals surface area contributed by atoms with Gasteiger partial charge in [-0.1, -0.05) is 0 Å². The van der Waals surface area contributed by atoms with E-state index in [-0.39, 0.29) is 30.5 Å². The molecule has 2 aromatic heterocycles. The Morgan fingerprint density at radius 1 is 1.40 bits per heavy atom. The molecule has 0 radical (unpaired) electrons. The van der Waals surface area contributed by atoms with Gasteiger partial charge in [-0.3, -0.25) is 5.43 Å². The molecule has 108 valence electrons. The lowest BCUT2D eigenvalue weighted by atomic mass is 10.3. The fraction of sp³-hybridized carbons (Fsp3) is 0.444. The van der Waals surface area contributed by atoms with E-state index in [1.807, 2.05) is 0 Å². The summed E-state index contributed by atoms with van der Waals surface area (Å²) >= 11 is 0. The van der Waals surface area contributed by atoms with Gasteiger partial charge in [0.05, 0.1) is 19.3 Å². The van der Waals surface area contributed by atoms with Gasteiger partial charge in [0.15, 0.2) is 0 Å². The Labute approximate surface area is 114 Å². The summed E-state index contributed by atoms with van der Waals surface area (Å²) in [6, 6.07) is -0.350. The van der Waals surface area contributed by atoms with E-state index in [9.17, 15) is 5.11 Å². The Hall–Kier alpha value is -2.37. The first-order valence-corrected chi connectivity index (χ1v) is 5.71. The summed E-state index contributed by atoms with van der Waals surface area (Å²) in [5, 5.41) is 16.1. The molecule has 0 aliphatic heterocycles. The van der Waals surface area contributed by atoms with Crippen LogP contribution in [-0.4, -0.2) is 61.2 Å². The van der Waals surface area contributed by atoms with Crippen LogP contribution in [0, 0.1) is 0 Å². The number of nitrogens with zero attached hydrogens (tertiary/aromatic N) is 6. The molecule has 20 heavy (non-hydrogen) atoms. The Morgan fingerprint density at radius 2 is 2.20 bits per heavy atom. The second-order valence-electron chi connectivity index (χ2n) is 3.75. The van der Waals surface area contributed by atoms with Crippen LogP contribution in [-0.2, 0) is 4.74 Å². The minimum Gasteiger partial charge on any atom is -0.394 e. The summed E-state index contributed by atoms with van der Waals surface area (Å²) in [5.41, 5.74) is 2.34. The molecule has 0 saturated heterocycles. The molecular weight excluding hydrogens is 266 g/mol. The molecule has 5 N–H and O–H groups in total. The number of rotatable bonds is 7. The number of aromatic nitrogens is 6. The highest BCUT2D eigenvalue weighted by atomic mass is 16.5. The highest BCUT2D eigenvalue weighted by Crippen LogP contribution is 2.08. The number of hydrogen-bond acceptors (Lipinski definition) is 10. The average molecular weight is 281 g/mol. The van der Waals surface area contributed by atoms with E-state index in [4.69, 9.17) is 10.6 Å². The van der Waals surface area contributed by atoms with Gasteiger partial charge in [-0.15, -0.1) is 0 Å². The van der Waals surface area contributed by atoms with Crippen molar-refractivity contribution in [3.63, 3.8) is 0 Å². The fourth-order valence-corrected chi connectivity index (χ4v) is 1.43. The lowest BCUT2D eigenvalue weighted by molar-refractivity contribution is 0.153. The van der Waals surface area contributed by atoms with E-state index in [0.29, 0.717) is 6.61 Å². The summed E-state index contributed by atoms with van der Waals surface area (Å²) in [6.07, 6.45) is 2.80. The van der Waals surface area contributed by atoms with Crippen molar-refractivity contribution in [3.05, 3.63) is 12.7 Å². The van der Waals surface area contributed by atoms with Crippen molar-refractivity contribution < 1.29 is 9.84 Å². The molecule has 2 aromatic rings. The second-order valence-corrected chi connectivity index (χ2v) is 3.75. The van der Waals surface area contributed by atoms with Gasteiger partial charge in [-0.2, -0.15) is 24.7 Å². The molecule has 0 bridgehead atoms. The molecule has 0 amide bonds. The molecular formula is C9H15N9O2. The Bertz CT molecular complexity index is 532. The SMILES string of the molecule is COCC(CO)Nc1nc(NN)nc(-n2cncn2)n1. The molecule has 0 aliphatic rings. The molecule has 0 spiro atoms. The largest absolute Gasteiger partial charge is 0.394 e. The minimum atomic E-state index is -0.350. The predicted molar refractivity (Wildman–Crippen MR) is 68.9 cm³/mol. The van der Waals surface area contributed by atoms with Gasteiger partial charge in [-0.25, -0.2) is 10.8 Å². The fourth-order valence-electron chi connectivity index (χ4n) is 1.43. The van der Waals surface area contributed by atoms with Gasteiger partial charge >= 0.3 is 0 Å². The van der Waals surface area contributed by atoms with E-state index >= 15 is 0 Å². The molecule has 1 unspecified atom stereocenters. The zero-order chi connectivity index (χ0) is 14.4. The Morgan fingerprint density at radius 3 is 2.80 bits per heavy atom. The number of anilines is 2. The molecule has 0 fully saturated rings. The third-order valence-corrected chi connectivity index (χ3v) is 2.30. The van der Waals surface area contributed by atoms with Crippen LogP contribution in [0.4, 0.5) is 11.9 Å². The van der Waals surface area contributed by atoms with Crippen LogP contribution in [0.3, 0.4) is 0 Å². The summed E-state index contributed by atoms with van der Waals surface area (Å²) in [5.74, 6) is 5.94. The number of nitrogens with two attached hydrogens (primary N) is 1. The highest BCUT2D eigenvalue weighted by molar-refractivity contribution is 5.37. The van der Waals surface area contributed by atoms with Gasteiger partial charge in [0.2, 0.25) is 11.9 Å². The van der Waals surface area contributed by atoms with Crippen molar-refractivity contribution in [3.8, 4) is 5.95 Å². The number of aliphatic hydroxyl groups excluding tert-OH is 1. The summed E-state index contributed by atoms with van der Waals surface area (Å²) in [7, 11) is 1.53. The third-order valence-electron chi connectivity index (χ3n) is 2.30. The molecule has 2 heterocycles. The minimum absolute atomic E-state index is 0.135. The number of methoxy groups -OCH3 is 1. The number of ether oxygens (including phenoxy) is 1. The van der Waals surface area contributed by atoms with Crippen LogP contribution >= 0.6 is 0 Å². The second kappa shape index (κ2) is 6.70. The maximum atomic E-state index is 9.22. The molecule has 0 aliphatic carbocycles. The molecule has 0 saturated carbocycles. The van der Waals surface area contributed by atoms with Crippen molar-refractivity contribution in [2.24, 2.45) is 5.84 Å². The monoisotopic (exact) mass is 281 g/mol. The van der Waals surface area contributed by atoms with Crippen LogP contribution in [0.25, 0.3) is 5.95 Å². The first-order valence-electron chi connectivity index (χ1n) is 5.71. The first-order chi connectivity index (χ1) is 9.76. The molecule has 0 aromatic carbocycles. The van der Waals surface area contributed by atoms with Gasteiger partial charge in [0.1, 0.15) is 12.7 Å². The summed E-state index contributed by atoms with van der Waals surface area (Å²) < 4.78 is 6.32. The van der Waals surface area contributed by atoms with E-state index in [1.165, 1.54) is 24.4 Å². The normalized spacial score (nSPS) is 12.2. The zero-order valence-electron chi connectivity index (χ0n) is 10.8. The average Bonchev–Trinajstić information content (AvgIpc) is 3.00. The number of hydrazine groups is 1. The van der Waals surface area contributed by atoms with Crippen molar-refractivity contribution in [1.82, 2.24) is 29.7 Å². The van der Waals surface area contributed by atoms with Crippen LogP contribution in [0.1, 0.15) is 0 Å². The maximum absolute atomic E-state index is 9.22. The van der Waals surface area contributed by atoms with Gasteiger partial charge in [0.25, 0.3) is 5.95 Å². The van der Waals surface area contributed by atoms with Crippen LogP contribution in [0.2, 0.25) is 0 Å². The zero-order valence-corrected chi connectivity index (χ0v) is 10.8. The van der Waals surface area contributed by atoms with Gasteiger partial charge in [-0.05, 0) is 0 Å². The topological polar surface area (TPSA) is 149 Å². The summed E-state index contributed by atoms with van der Waals surface area (Å²) in [6.45, 7) is 0.162. The van der Waals surface area contributed by atoms with E-state index in [1.54, 1.807) is 0 Å². The first kappa shape index (κ1) is 14.0. The number of aliphatic hydroxyl groups is 1. The van der Waals surface area contributed by atoms with E-state index in [0.717, 1.165) is 0 Å². The highest BCUT2D eigenvalue weighted by Gasteiger charge is 2.12. The number of nitrogens with one attached hydrogen (secondary N) is 2. The summed E-state index contributed by atoms with van der Waals surface area (Å²) in [4.78, 5) is 16.0. The lowest BCUT2D eigenvalue weighted by Gasteiger charge is -2.15. The van der Waals surface area contributed by atoms with Crippen molar-refractivity contribution >= 4 is 11.9 Å². The molecule has 2 rings (SSSR count). The number of hydrogen-bond donors (Lipinski definition) is 4. The van der Waals surface area contributed by atoms with Crippen LogP contribution < -0.4 is 16.6 Å². The predicted octanol–water partition coefficient (Wildman–Crippen LogP) is -1.84. The van der Waals surface area contributed by atoms with Crippen LogP contribution in [0.15, 0.2) is 12.7 Å². The van der Waals surface area contributed by atoms with Crippen molar-refractivity contribution in [1.29, 1.82) is 0 Å². The smallest absolute Gasteiger partial charge is 0.258 e. The van der Waals surface area contributed by atoms with Crippen molar-refractivity contribution in [2.75, 3.05) is 31.1 Å². The third kappa shape index (κ3) is 3.34. The number of nitrogen functional groups attached to an aromatic ring is 1. The van der Waals surface area contributed by atoms with Crippen LogP contribution in [0.5, 0.6) is 0 Å². The van der Waals surface area contributed by atoms with Gasteiger partial charge in [0, 0.05) is 7.11 Å². The Balaban J connectivity index is 2.26. The quantitative estimate of drug-likeness (QED) is 0.336. The van der Waals surface area contributed by atoms with Gasteiger partial charge < -0.3 is 15.2 Å². The molecule has 11 heteroatoms. The molecule has 11 nitrogen and oxygen atoms in total. The Kier molecular flexibility index (Phi) is 4.70. The van der Waals surface area contributed by atoms with E-state index in [2.05, 4.69) is 35.8 Å². The lowest BCUT2D eigenvalue weighted by Crippen LogP contribution is -2.30. The standard InChI is InChI=1S/C9H15N9O2/c1-20-3-6(2-19)13-7-14-8(17-10)16-9(15-7)18-5-11-4-12-18/h4-6,19H,2-3,10H2,1H3,(H2,13,14,15,16,17). The maximum Gasteiger partial charge on any atom is 0.258 e. The van der Waals surface area contributed by atoms with Crippen molar-refractivity contribution in [2.45, 2.75) is 6.04 Å².